The lowest BCUT2D eigenvalue weighted by atomic mass is 9.83. The standard InChI is InChI=1S/C18H34N2O/c1-2-7-15-10-12-16(13-11-15)19-14-18(21)20-17-8-5-3-4-6-9-17/h15-17,19H,2-14H2,1H3,(H,20,21). The molecule has 2 fully saturated rings. The molecule has 0 aliphatic heterocycles. The van der Waals surface area contributed by atoms with Gasteiger partial charge in [-0.15, -0.1) is 0 Å². The molecule has 2 aliphatic carbocycles. The van der Waals surface area contributed by atoms with Crippen LogP contribution >= 0.6 is 0 Å². The minimum absolute atomic E-state index is 0.206. The van der Waals surface area contributed by atoms with Gasteiger partial charge >= 0.3 is 0 Å². The van der Waals surface area contributed by atoms with Crippen molar-refractivity contribution >= 4 is 5.91 Å². The summed E-state index contributed by atoms with van der Waals surface area (Å²) in [6.07, 6.45) is 15.5. The van der Waals surface area contributed by atoms with Crippen LogP contribution in [0.15, 0.2) is 0 Å². The number of rotatable bonds is 6. The average molecular weight is 294 g/mol. The first-order chi connectivity index (χ1) is 10.3. The van der Waals surface area contributed by atoms with Crippen molar-refractivity contribution < 1.29 is 4.79 Å². The monoisotopic (exact) mass is 294 g/mol. The van der Waals surface area contributed by atoms with E-state index in [4.69, 9.17) is 0 Å². The van der Waals surface area contributed by atoms with Crippen molar-refractivity contribution in [3.63, 3.8) is 0 Å². The maximum absolute atomic E-state index is 12.1. The minimum atomic E-state index is 0.206. The predicted octanol–water partition coefficient (Wildman–Crippen LogP) is 3.77. The van der Waals surface area contributed by atoms with Crippen LogP contribution in [0.5, 0.6) is 0 Å². The van der Waals surface area contributed by atoms with Crippen LogP contribution in [0.1, 0.15) is 84.0 Å². The molecule has 0 aromatic heterocycles. The molecular formula is C18H34N2O. The second kappa shape index (κ2) is 9.45. The third kappa shape index (κ3) is 6.37. The maximum atomic E-state index is 12.1. The number of amides is 1. The quantitative estimate of drug-likeness (QED) is 0.732. The van der Waals surface area contributed by atoms with Gasteiger partial charge in [-0.05, 0) is 44.4 Å². The van der Waals surface area contributed by atoms with Crippen molar-refractivity contribution in [2.75, 3.05) is 6.54 Å². The predicted molar refractivity (Wildman–Crippen MR) is 88.3 cm³/mol. The summed E-state index contributed by atoms with van der Waals surface area (Å²) in [4.78, 5) is 12.1. The molecule has 0 aromatic carbocycles. The lowest BCUT2D eigenvalue weighted by Gasteiger charge is -2.29. The van der Waals surface area contributed by atoms with Gasteiger partial charge < -0.3 is 10.6 Å². The van der Waals surface area contributed by atoms with Crippen molar-refractivity contribution in [1.29, 1.82) is 0 Å². The molecule has 122 valence electrons. The van der Waals surface area contributed by atoms with Gasteiger partial charge in [-0.25, -0.2) is 0 Å². The zero-order valence-electron chi connectivity index (χ0n) is 13.8. The number of nitrogens with one attached hydrogen (secondary N) is 2. The minimum Gasteiger partial charge on any atom is -0.352 e. The molecule has 2 N–H and O–H groups in total. The Morgan fingerprint density at radius 3 is 2.19 bits per heavy atom. The molecule has 2 aliphatic rings. The molecule has 3 heteroatoms. The van der Waals surface area contributed by atoms with Gasteiger partial charge in [-0.1, -0.05) is 45.4 Å². The Labute approximate surface area is 130 Å². The Kier molecular flexibility index (Phi) is 7.56. The fourth-order valence-electron chi connectivity index (χ4n) is 4.00. The van der Waals surface area contributed by atoms with Crippen LogP contribution in [-0.2, 0) is 4.79 Å². The number of hydrogen-bond acceptors (Lipinski definition) is 2. The normalized spacial score (nSPS) is 28.0. The van der Waals surface area contributed by atoms with Crippen LogP contribution in [0.4, 0.5) is 0 Å². The number of carbonyl (C=O) groups is 1. The summed E-state index contributed by atoms with van der Waals surface area (Å²) in [6.45, 7) is 2.79. The van der Waals surface area contributed by atoms with Crippen molar-refractivity contribution in [2.24, 2.45) is 5.92 Å². The second-order valence-corrected chi connectivity index (χ2v) is 7.14. The topological polar surface area (TPSA) is 41.1 Å². The molecule has 2 saturated carbocycles. The van der Waals surface area contributed by atoms with Gasteiger partial charge in [0.05, 0.1) is 6.54 Å². The molecule has 0 atom stereocenters. The fraction of sp³-hybridized carbons (Fsp3) is 0.944. The molecule has 1 amide bonds. The summed E-state index contributed by atoms with van der Waals surface area (Å²) >= 11 is 0. The lowest BCUT2D eigenvalue weighted by Crippen LogP contribution is -2.44. The summed E-state index contributed by atoms with van der Waals surface area (Å²) in [6, 6.07) is 1.00. The van der Waals surface area contributed by atoms with E-state index in [9.17, 15) is 4.79 Å². The van der Waals surface area contributed by atoms with Crippen LogP contribution in [0.25, 0.3) is 0 Å². The number of carbonyl (C=O) groups excluding carboxylic acids is 1. The Balaban J connectivity index is 1.58. The van der Waals surface area contributed by atoms with E-state index in [0.29, 0.717) is 18.6 Å². The Morgan fingerprint density at radius 2 is 1.57 bits per heavy atom. The Hall–Kier alpha value is -0.570. The molecule has 0 radical (unpaired) electrons. The molecular weight excluding hydrogens is 260 g/mol. The summed E-state index contributed by atoms with van der Waals surface area (Å²) in [5.74, 6) is 1.14. The first-order valence-electron chi connectivity index (χ1n) is 9.30. The highest BCUT2D eigenvalue weighted by atomic mass is 16.1. The highest BCUT2D eigenvalue weighted by molar-refractivity contribution is 5.78. The SMILES string of the molecule is CCCC1CCC(NCC(=O)NC2CCCCCC2)CC1. The van der Waals surface area contributed by atoms with E-state index >= 15 is 0 Å². The van der Waals surface area contributed by atoms with Crippen LogP contribution < -0.4 is 10.6 Å². The summed E-state index contributed by atoms with van der Waals surface area (Å²) in [5.41, 5.74) is 0. The van der Waals surface area contributed by atoms with Gasteiger partial charge in [0.1, 0.15) is 0 Å². The average Bonchev–Trinajstić information content (AvgIpc) is 2.75. The van der Waals surface area contributed by atoms with Gasteiger partial charge in [0.25, 0.3) is 0 Å². The van der Waals surface area contributed by atoms with Crippen LogP contribution in [0, 0.1) is 5.92 Å². The van der Waals surface area contributed by atoms with E-state index in [2.05, 4.69) is 17.6 Å². The Morgan fingerprint density at radius 1 is 0.905 bits per heavy atom. The van der Waals surface area contributed by atoms with Crippen molar-refractivity contribution in [3.8, 4) is 0 Å². The highest BCUT2D eigenvalue weighted by Gasteiger charge is 2.21. The molecule has 0 bridgehead atoms. The molecule has 3 nitrogen and oxygen atoms in total. The molecule has 21 heavy (non-hydrogen) atoms. The van der Waals surface area contributed by atoms with Gasteiger partial charge in [-0.2, -0.15) is 0 Å². The fourth-order valence-corrected chi connectivity index (χ4v) is 4.00. The van der Waals surface area contributed by atoms with Gasteiger partial charge in [0, 0.05) is 12.1 Å². The summed E-state index contributed by atoms with van der Waals surface area (Å²) in [7, 11) is 0. The van der Waals surface area contributed by atoms with Crippen LogP contribution in [-0.4, -0.2) is 24.5 Å². The third-order valence-electron chi connectivity index (χ3n) is 5.32. The first kappa shape index (κ1) is 16.8. The van der Waals surface area contributed by atoms with Crippen molar-refractivity contribution in [3.05, 3.63) is 0 Å². The Bertz CT molecular complexity index is 290. The zero-order valence-corrected chi connectivity index (χ0v) is 13.8. The number of hydrogen-bond donors (Lipinski definition) is 2. The van der Waals surface area contributed by atoms with Gasteiger partial charge in [-0.3, -0.25) is 4.79 Å². The molecule has 0 unspecified atom stereocenters. The van der Waals surface area contributed by atoms with E-state index in [1.165, 1.54) is 77.0 Å². The van der Waals surface area contributed by atoms with E-state index in [0.717, 1.165) is 5.92 Å². The molecule has 0 aromatic rings. The van der Waals surface area contributed by atoms with E-state index < -0.39 is 0 Å². The smallest absolute Gasteiger partial charge is 0.234 e. The van der Waals surface area contributed by atoms with Crippen LogP contribution in [0.3, 0.4) is 0 Å². The van der Waals surface area contributed by atoms with Crippen molar-refractivity contribution in [1.82, 2.24) is 10.6 Å². The maximum Gasteiger partial charge on any atom is 0.234 e. The second-order valence-electron chi connectivity index (χ2n) is 7.14. The highest BCUT2D eigenvalue weighted by Crippen LogP contribution is 2.27. The van der Waals surface area contributed by atoms with Crippen LogP contribution in [0.2, 0.25) is 0 Å². The summed E-state index contributed by atoms with van der Waals surface area (Å²) in [5, 5.41) is 6.70. The zero-order chi connectivity index (χ0) is 14.9. The van der Waals surface area contributed by atoms with Gasteiger partial charge in [0.15, 0.2) is 0 Å². The molecule has 0 heterocycles. The van der Waals surface area contributed by atoms with E-state index in [-0.39, 0.29) is 5.91 Å². The first-order valence-corrected chi connectivity index (χ1v) is 9.30. The summed E-state index contributed by atoms with van der Waals surface area (Å²) < 4.78 is 0. The third-order valence-corrected chi connectivity index (χ3v) is 5.32. The van der Waals surface area contributed by atoms with E-state index in [1.54, 1.807) is 0 Å². The van der Waals surface area contributed by atoms with Gasteiger partial charge in [0.2, 0.25) is 5.91 Å². The van der Waals surface area contributed by atoms with E-state index in [1.807, 2.05) is 0 Å². The molecule has 0 spiro atoms. The largest absolute Gasteiger partial charge is 0.352 e. The van der Waals surface area contributed by atoms with Crippen molar-refractivity contribution in [2.45, 2.75) is 96.1 Å². The molecule has 2 rings (SSSR count). The lowest BCUT2D eigenvalue weighted by molar-refractivity contribution is -0.121. The molecule has 0 saturated heterocycles.